The van der Waals surface area contributed by atoms with Crippen molar-refractivity contribution in [2.75, 3.05) is 0 Å². The monoisotopic (exact) mass is 571 g/mol. The van der Waals surface area contributed by atoms with Crippen LogP contribution in [0.25, 0.3) is 43.6 Å². The van der Waals surface area contributed by atoms with E-state index in [2.05, 4.69) is 109 Å². The van der Waals surface area contributed by atoms with Crippen LogP contribution >= 0.6 is 11.8 Å². The van der Waals surface area contributed by atoms with Crippen molar-refractivity contribution in [2.45, 2.75) is 103 Å². The third-order valence-corrected chi connectivity index (χ3v) is 11.0. The van der Waals surface area contributed by atoms with Crippen LogP contribution in [-0.2, 0) is 12.8 Å². The molecule has 1 aliphatic carbocycles. The van der Waals surface area contributed by atoms with Gasteiger partial charge in [0.05, 0.1) is 5.69 Å². The molecule has 2 heteroatoms. The van der Waals surface area contributed by atoms with Gasteiger partial charge >= 0.3 is 0 Å². The first-order valence-corrected chi connectivity index (χ1v) is 16.9. The third-order valence-electron chi connectivity index (χ3n) is 9.74. The molecule has 0 unspecified atom stereocenters. The molecule has 1 saturated carbocycles. The molecular formula is C40H45NS. The van der Waals surface area contributed by atoms with E-state index in [1.54, 1.807) is 0 Å². The van der Waals surface area contributed by atoms with Crippen LogP contribution in [0.2, 0.25) is 0 Å². The van der Waals surface area contributed by atoms with E-state index in [9.17, 15) is 0 Å². The highest BCUT2D eigenvalue weighted by Gasteiger charge is 2.30. The summed E-state index contributed by atoms with van der Waals surface area (Å²) in [5.41, 5.74) is 7.59. The van der Waals surface area contributed by atoms with E-state index >= 15 is 0 Å². The van der Waals surface area contributed by atoms with Crippen molar-refractivity contribution in [3.8, 4) is 11.3 Å². The minimum Gasteiger partial charge on any atom is -0.256 e. The van der Waals surface area contributed by atoms with Crippen molar-refractivity contribution in [1.29, 1.82) is 0 Å². The lowest BCUT2D eigenvalue weighted by molar-refractivity contribution is 0.224. The fraction of sp³-hybridized carbons (Fsp3) is 0.425. The van der Waals surface area contributed by atoms with E-state index in [4.69, 9.17) is 4.98 Å². The molecule has 0 amide bonds. The third kappa shape index (κ3) is 5.04. The Bertz CT molecular complexity index is 1840. The molecule has 0 N–H and O–H groups in total. The van der Waals surface area contributed by atoms with Crippen LogP contribution in [0.5, 0.6) is 0 Å². The van der Waals surface area contributed by atoms with Gasteiger partial charge in [0.25, 0.3) is 0 Å². The van der Waals surface area contributed by atoms with Gasteiger partial charge in [0, 0.05) is 26.9 Å². The number of rotatable bonds is 4. The SMILES string of the molecule is CC(C)Cc1ccc2c(CC(C)(C)C)c3c(cc2c1)-c1nccc2c1c(cc1ccc(C4CCC(C)(C)CC4)cc12)S3. The molecule has 7 rings (SSSR count). The highest BCUT2D eigenvalue weighted by molar-refractivity contribution is 8.00. The van der Waals surface area contributed by atoms with Crippen LogP contribution in [-0.4, -0.2) is 4.98 Å². The molecule has 2 heterocycles. The lowest BCUT2D eigenvalue weighted by Gasteiger charge is -2.34. The second-order valence-corrected chi connectivity index (χ2v) is 16.7. The zero-order valence-electron chi connectivity index (χ0n) is 26.5. The van der Waals surface area contributed by atoms with Crippen molar-refractivity contribution in [2.24, 2.45) is 16.7 Å². The van der Waals surface area contributed by atoms with E-state index in [1.165, 1.54) is 90.0 Å². The number of hydrogen-bond donors (Lipinski definition) is 0. The zero-order chi connectivity index (χ0) is 29.4. The van der Waals surface area contributed by atoms with Crippen LogP contribution in [0, 0.1) is 16.7 Å². The van der Waals surface area contributed by atoms with E-state index in [-0.39, 0.29) is 5.41 Å². The standard InChI is InChI=1S/C40H45NS/c1-24(2)18-25-8-11-30-29(19-25)21-33-37-36-31(14-17-41-37)32-20-27(26-12-15-40(6,7)16-13-26)9-10-28(32)22-35(36)42-38(33)34(30)23-39(3,4)5/h8-11,14,17,19-22,24,26H,12-13,15-16,18,23H2,1-7H3. The van der Waals surface area contributed by atoms with E-state index in [0.29, 0.717) is 17.3 Å². The molecule has 1 fully saturated rings. The lowest BCUT2D eigenvalue weighted by atomic mass is 9.71. The molecule has 1 aliphatic heterocycles. The molecule has 2 aliphatic rings. The number of fused-ring (bicyclic) bond motifs is 5. The predicted octanol–water partition coefficient (Wildman–Crippen LogP) is 12.1. The fourth-order valence-electron chi connectivity index (χ4n) is 7.57. The molecule has 0 spiro atoms. The first-order chi connectivity index (χ1) is 20.0. The summed E-state index contributed by atoms with van der Waals surface area (Å²) in [6.07, 6.45) is 9.45. The summed E-state index contributed by atoms with van der Waals surface area (Å²) in [6, 6.07) is 21.7. The van der Waals surface area contributed by atoms with Crippen molar-refractivity contribution in [3.63, 3.8) is 0 Å². The van der Waals surface area contributed by atoms with Crippen molar-refractivity contribution in [3.05, 3.63) is 77.5 Å². The Kier molecular flexibility index (Phi) is 6.74. The highest BCUT2D eigenvalue weighted by Crippen LogP contribution is 2.53. The Hall–Kier alpha value is -2.84. The molecule has 0 saturated heterocycles. The minimum absolute atomic E-state index is 0.188. The molecule has 0 bridgehead atoms. The molecule has 42 heavy (non-hydrogen) atoms. The van der Waals surface area contributed by atoms with Gasteiger partial charge < -0.3 is 0 Å². The number of hydrogen-bond acceptors (Lipinski definition) is 2. The van der Waals surface area contributed by atoms with E-state index in [0.717, 1.165) is 18.5 Å². The highest BCUT2D eigenvalue weighted by atomic mass is 32.2. The predicted molar refractivity (Wildman–Crippen MR) is 183 cm³/mol. The largest absolute Gasteiger partial charge is 0.256 e. The molecule has 5 aromatic rings. The summed E-state index contributed by atoms with van der Waals surface area (Å²) < 4.78 is 0. The maximum atomic E-state index is 5.12. The fourth-order valence-corrected chi connectivity index (χ4v) is 8.86. The van der Waals surface area contributed by atoms with Gasteiger partial charge in [-0.05, 0) is 123 Å². The molecule has 4 aromatic carbocycles. The van der Waals surface area contributed by atoms with Crippen molar-refractivity contribution < 1.29 is 0 Å². The van der Waals surface area contributed by atoms with Gasteiger partial charge in [-0.2, -0.15) is 0 Å². The summed E-state index contributed by atoms with van der Waals surface area (Å²) in [4.78, 5) is 7.87. The topological polar surface area (TPSA) is 12.9 Å². The van der Waals surface area contributed by atoms with Gasteiger partial charge in [-0.1, -0.05) is 96.6 Å². The number of nitrogens with zero attached hydrogens (tertiary/aromatic N) is 1. The maximum Gasteiger partial charge on any atom is 0.0803 e. The maximum absolute atomic E-state index is 5.12. The smallest absolute Gasteiger partial charge is 0.0803 e. The summed E-state index contributed by atoms with van der Waals surface area (Å²) in [5.74, 6) is 1.32. The number of aromatic nitrogens is 1. The van der Waals surface area contributed by atoms with E-state index in [1.807, 2.05) is 11.8 Å². The van der Waals surface area contributed by atoms with Gasteiger partial charge in [-0.15, -0.1) is 0 Å². The second-order valence-electron chi connectivity index (χ2n) is 15.6. The Morgan fingerprint density at radius 2 is 1.67 bits per heavy atom. The summed E-state index contributed by atoms with van der Waals surface area (Å²) in [5, 5.41) is 8.19. The molecule has 0 atom stereocenters. The first kappa shape index (κ1) is 28.0. The first-order valence-electron chi connectivity index (χ1n) is 16.1. The van der Waals surface area contributed by atoms with Gasteiger partial charge in [0.15, 0.2) is 0 Å². The number of benzene rings is 4. The molecular weight excluding hydrogens is 527 g/mol. The zero-order valence-corrected chi connectivity index (χ0v) is 27.3. The van der Waals surface area contributed by atoms with Gasteiger partial charge in [-0.3, -0.25) is 4.98 Å². The quantitative estimate of drug-likeness (QED) is 0.195. The Morgan fingerprint density at radius 1 is 0.881 bits per heavy atom. The van der Waals surface area contributed by atoms with Gasteiger partial charge in [0.2, 0.25) is 0 Å². The van der Waals surface area contributed by atoms with Crippen molar-refractivity contribution in [1.82, 2.24) is 4.98 Å². The van der Waals surface area contributed by atoms with Crippen LogP contribution in [0.4, 0.5) is 0 Å². The van der Waals surface area contributed by atoms with Gasteiger partial charge in [-0.25, -0.2) is 0 Å². The lowest BCUT2D eigenvalue weighted by Crippen LogP contribution is -2.20. The van der Waals surface area contributed by atoms with Gasteiger partial charge in [0.1, 0.15) is 0 Å². The van der Waals surface area contributed by atoms with Crippen LogP contribution in [0.15, 0.2) is 70.6 Å². The Balaban J connectivity index is 1.43. The average Bonchev–Trinajstić information content (AvgIpc) is 2.92. The summed E-state index contributed by atoms with van der Waals surface area (Å²) in [6.45, 7) is 16.6. The van der Waals surface area contributed by atoms with Crippen LogP contribution in [0.3, 0.4) is 0 Å². The Morgan fingerprint density at radius 3 is 2.40 bits per heavy atom. The van der Waals surface area contributed by atoms with Crippen LogP contribution < -0.4 is 0 Å². The summed E-state index contributed by atoms with van der Waals surface area (Å²) in [7, 11) is 0. The minimum atomic E-state index is 0.188. The summed E-state index contributed by atoms with van der Waals surface area (Å²) >= 11 is 1.98. The average molecular weight is 572 g/mol. The van der Waals surface area contributed by atoms with Crippen molar-refractivity contribution >= 4 is 44.1 Å². The normalized spacial score (nSPS) is 17.0. The molecule has 216 valence electrons. The Labute approximate surface area is 256 Å². The molecule has 1 nitrogen and oxygen atoms in total. The van der Waals surface area contributed by atoms with E-state index < -0.39 is 0 Å². The number of pyridine rings is 1. The second kappa shape index (κ2) is 10.1. The molecule has 1 aromatic heterocycles. The molecule has 0 radical (unpaired) electrons. The van der Waals surface area contributed by atoms with Crippen LogP contribution in [0.1, 0.15) is 96.8 Å².